The van der Waals surface area contributed by atoms with Gasteiger partial charge in [0, 0.05) is 19.4 Å². The van der Waals surface area contributed by atoms with Gasteiger partial charge in [-0.15, -0.1) is 0 Å². The molecule has 3 rings (SSSR count). The van der Waals surface area contributed by atoms with Crippen LogP contribution in [0.2, 0.25) is 0 Å². The predicted octanol–water partition coefficient (Wildman–Crippen LogP) is 2.41. The lowest BCUT2D eigenvalue weighted by Crippen LogP contribution is -2.53. The van der Waals surface area contributed by atoms with Crippen molar-refractivity contribution in [2.45, 2.75) is 51.1 Å². The Labute approximate surface area is 222 Å². The van der Waals surface area contributed by atoms with Crippen LogP contribution in [0.5, 0.6) is 0 Å². The second-order valence-corrected chi connectivity index (χ2v) is 9.09. The normalized spacial score (nSPS) is 12.3. The second-order valence-electron chi connectivity index (χ2n) is 9.09. The molecule has 0 spiro atoms. The highest BCUT2D eigenvalue weighted by atomic mass is 16.5. The largest absolute Gasteiger partial charge is 0.354 e. The van der Waals surface area contributed by atoms with Gasteiger partial charge in [0.1, 0.15) is 12.1 Å². The molecule has 0 saturated heterocycles. The lowest BCUT2D eigenvalue weighted by atomic mass is 10.0. The van der Waals surface area contributed by atoms with Gasteiger partial charge in [0.05, 0.1) is 0 Å². The van der Waals surface area contributed by atoms with E-state index in [4.69, 9.17) is 5.21 Å². The average Bonchev–Trinajstić information content (AvgIpc) is 2.94. The minimum atomic E-state index is -1.04. The van der Waals surface area contributed by atoms with E-state index >= 15 is 0 Å². The zero-order valence-corrected chi connectivity index (χ0v) is 21.4. The van der Waals surface area contributed by atoms with Gasteiger partial charge in [0.15, 0.2) is 0 Å². The van der Waals surface area contributed by atoms with Crippen LogP contribution in [0.25, 0.3) is 10.8 Å². The molecule has 0 aliphatic rings. The first-order valence-corrected chi connectivity index (χ1v) is 12.7. The number of hydrogen-bond donors (Lipinski definition) is 5. The maximum atomic E-state index is 12.9. The summed E-state index contributed by atoms with van der Waals surface area (Å²) in [5, 5.41) is 19.1. The van der Waals surface area contributed by atoms with Crippen molar-refractivity contribution in [3.63, 3.8) is 0 Å². The van der Waals surface area contributed by atoms with E-state index in [9.17, 15) is 19.2 Å². The summed E-state index contributed by atoms with van der Waals surface area (Å²) in [6.45, 7) is 1.95. The van der Waals surface area contributed by atoms with Gasteiger partial charge in [-0.2, -0.15) is 0 Å². The molecule has 0 aliphatic carbocycles. The molecule has 0 aliphatic heterocycles. The first-order chi connectivity index (χ1) is 18.4. The lowest BCUT2D eigenvalue weighted by Gasteiger charge is -2.21. The Morgan fingerprint density at radius 3 is 2.24 bits per heavy atom. The van der Waals surface area contributed by atoms with Crippen molar-refractivity contribution in [3.05, 3.63) is 83.9 Å². The van der Waals surface area contributed by atoms with Crippen molar-refractivity contribution in [2.24, 2.45) is 0 Å². The van der Waals surface area contributed by atoms with Gasteiger partial charge < -0.3 is 16.0 Å². The number of fused-ring (bicyclic) bond motifs is 1. The van der Waals surface area contributed by atoms with E-state index in [1.54, 1.807) is 6.92 Å². The Morgan fingerprint density at radius 1 is 0.763 bits per heavy atom. The molecule has 9 nitrogen and oxygen atoms in total. The molecule has 0 saturated carbocycles. The number of hydrogen-bond acceptors (Lipinski definition) is 5. The molecule has 0 aromatic heterocycles. The van der Waals surface area contributed by atoms with Gasteiger partial charge in [0.2, 0.25) is 23.6 Å². The van der Waals surface area contributed by atoms with Crippen LogP contribution in [0.15, 0.2) is 72.8 Å². The van der Waals surface area contributed by atoms with E-state index < -0.39 is 23.9 Å². The highest BCUT2D eigenvalue weighted by Crippen LogP contribution is 2.18. The number of carbonyl (C=O) groups excluding carboxylic acids is 4. The highest BCUT2D eigenvalue weighted by Gasteiger charge is 2.25. The Bertz CT molecular complexity index is 1240. The smallest absolute Gasteiger partial charge is 0.243 e. The molecule has 0 fully saturated rings. The average molecular weight is 519 g/mol. The Hall–Kier alpha value is -4.24. The molecule has 0 heterocycles. The van der Waals surface area contributed by atoms with Crippen molar-refractivity contribution in [3.8, 4) is 0 Å². The fourth-order valence-electron chi connectivity index (χ4n) is 4.13. The zero-order chi connectivity index (χ0) is 27.3. The Morgan fingerprint density at radius 2 is 1.47 bits per heavy atom. The van der Waals surface area contributed by atoms with Crippen molar-refractivity contribution >= 4 is 34.4 Å². The second kappa shape index (κ2) is 14.5. The van der Waals surface area contributed by atoms with Gasteiger partial charge >= 0.3 is 0 Å². The topological polar surface area (TPSA) is 137 Å². The highest BCUT2D eigenvalue weighted by molar-refractivity contribution is 5.92. The van der Waals surface area contributed by atoms with E-state index in [0.29, 0.717) is 19.4 Å². The van der Waals surface area contributed by atoms with Crippen LogP contribution in [0.3, 0.4) is 0 Å². The third-order valence-corrected chi connectivity index (χ3v) is 6.25. The van der Waals surface area contributed by atoms with Crippen LogP contribution >= 0.6 is 0 Å². The molecular formula is C29H34N4O5. The summed E-state index contributed by atoms with van der Waals surface area (Å²) >= 11 is 0. The fourth-order valence-corrected chi connectivity index (χ4v) is 4.13. The predicted molar refractivity (Wildman–Crippen MR) is 144 cm³/mol. The van der Waals surface area contributed by atoms with Crippen molar-refractivity contribution < 1.29 is 24.4 Å². The molecule has 38 heavy (non-hydrogen) atoms. The zero-order valence-electron chi connectivity index (χ0n) is 21.4. The molecule has 9 heteroatoms. The Balaban J connectivity index is 1.51. The maximum absolute atomic E-state index is 12.9. The summed E-state index contributed by atoms with van der Waals surface area (Å²) in [7, 11) is 0. The minimum Gasteiger partial charge on any atom is -0.354 e. The van der Waals surface area contributed by atoms with E-state index in [1.165, 1.54) is 5.48 Å². The standard InChI is InChI=1S/C29H34N4O5/c1-20(28(36)30-19-18-23-12-7-11-22-10-5-6-13-24(22)23)31-29(37)25(15-17-27(35)33-38)32-26(34)16-14-21-8-3-2-4-9-21/h2-13,20,25,38H,14-19H2,1H3,(H,30,36)(H,31,37)(H,32,34)(H,33,35)/t20-,25-/m0/s1. The van der Waals surface area contributed by atoms with Gasteiger partial charge in [-0.1, -0.05) is 72.8 Å². The summed E-state index contributed by atoms with van der Waals surface area (Å²) in [5.41, 5.74) is 3.61. The molecular weight excluding hydrogens is 484 g/mol. The number of hydroxylamine groups is 1. The van der Waals surface area contributed by atoms with Gasteiger partial charge in [0.25, 0.3) is 0 Å². The molecule has 0 bridgehead atoms. The molecule has 4 amide bonds. The van der Waals surface area contributed by atoms with Crippen LogP contribution in [0, 0.1) is 0 Å². The monoisotopic (exact) mass is 518 g/mol. The number of aryl methyl sites for hydroxylation is 1. The molecule has 200 valence electrons. The molecule has 0 radical (unpaired) electrons. The van der Waals surface area contributed by atoms with E-state index in [2.05, 4.69) is 16.0 Å². The van der Waals surface area contributed by atoms with Crippen LogP contribution in [-0.2, 0) is 32.0 Å². The van der Waals surface area contributed by atoms with Crippen LogP contribution in [0.1, 0.15) is 37.3 Å². The van der Waals surface area contributed by atoms with Crippen molar-refractivity contribution in [1.29, 1.82) is 0 Å². The van der Waals surface area contributed by atoms with Gasteiger partial charge in [-0.3, -0.25) is 24.4 Å². The number of nitrogens with one attached hydrogen (secondary N) is 4. The first-order valence-electron chi connectivity index (χ1n) is 12.7. The quantitative estimate of drug-likeness (QED) is 0.175. The number of benzene rings is 3. The van der Waals surface area contributed by atoms with Gasteiger partial charge in [-0.25, -0.2) is 5.48 Å². The summed E-state index contributed by atoms with van der Waals surface area (Å²) < 4.78 is 0. The van der Waals surface area contributed by atoms with Gasteiger partial charge in [-0.05, 0) is 48.1 Å². The number of carbonyl (C=O) groups is 4. The van der Waals surface area contributed by atoms with Crippen LogP contribution in [-0.4, -0.2) is 47.5 Å². The summed E-state index contributed by atoms with van der Waals surface area (Å²) in [6, 6.07) is 21.6. The van der Waals surface area contributed by atoms with Crippen molar-refractivity contribution in [2.75, 3.05) is 6.54 Å². The molecule has 5 N–H and O–H groups in total. The van der Waals surface area contributed by atoms with E-state index in [-0.39, 0.29) is 31.1 Å². The molecule has 2 atom stereocenters. The lowest BCUT2D eigenvalue weighted by molar-refractivity contribution is -0.133. The molecule has 3 aromatic carbocycles. The Kier molecular flexibility index (Phi) is 10.8. The fraction of sp³-hybridized carbons (Fsp3) is 0.310. The molecule has 0 unspecified atom stereocenters. The summed E-state index contributed by atoms with van der Waals surface area (Å²) in [4.78, 5) is 49.6. The third kappa shape index (κ3) is 8.70. The molecule has 3 aromatic rings. The number of rotatable bonds is 13. The summed E-state index contributed by atoms with van der Waals surface area (Å²) in [5.74, 6) is -1.98. The number of amides is 4. The van der Waals surface area contributed by atoms with Crippen LogP contribution < -0.4 is 21.4 Å². The SMILES string of the molecule is C[C@H](NC(=O)[C@H](CCC(=O)NO)NC(=O)CCc1ccccc1)C(=O)NCCc1cccc2ccccc12. The van der Waals surface area contributed by atoms with Crippen molar-refractivity contribution in [1.82, 2.24) is 21.4 Å². The van der Waals surface area contributed by atoms with Crippen LogP contribution in [0.4, 0.5) is 0 Å². The first kappa shape index (κ1) is 28.3. The van der Waals surface area contributed by atoms with E-state index in [0.717, 1.165) is 21.9 Å². The summed E-state index contributed by atoms with van der Waals surface area (Å²) in [6.07, 6.45) is 1.06. The minimum absolute atomic E-state index is 0.0370. The van der Waals surface area contributed by atoms with E-state index in [1.807, 2.05) is 72.8 Å². The maximum Gasteiger partial charge on any atom is 0.243 e. The third-order valence-electron chi connectivity index (χ3n) is 6.25.